The minimum absolute atomic E-state index is 0.534. The number of aromatic nitrogens is 2. The number of nitrogens with two attached hydrogens (primary N) is 1. The van der Waals surface area contributed by atoms with Crippen LogP contribution in [0.25, 0.3) is 10.9 Å². The molecule has 0 radical (unpaired) electrons. The molecule has 1 heterocycles. The molecule has 1 aliphatic carbocycles. The fraction of sp³-hybridized carbons (Fsp3) is 0.385. The first-order chi connectivity index (χ1) is 8.19. The van der Waals surface area contributed by atoms with E-state index in [2.05, 4.69) is 41.4 Å². The lowest BCUT2D eigenvalue weighted by molar-refractivity contribution is 0.944. The molecule has 1 saturated carbocycles. The van der Waals surface area contributed by atoms with E-state index in [9.17, 15) is 0 Å². The molecule has 1 aliphatic rings. The van der Waals surface area contributed by atoms with Crippen LogP contribution >= 0.6 is 0 Å². The smallest absolute Gasteiger partial charge is 0.151 e. The zero-order valence-electron chi connectivity index (χ0n) is 10.1. The summed E-state index contributed by atoms with van der Waals surface area (Å²) in [6, 6.07) is 4.22. The molecular weight excluding hydrogens is 212 g/mol. The summed E-state index contributed by atoms with van der Waals surface area (Å²) in [6.07, 6.45) is 2.39. The molecule has 3 N–H and O–H groups in total. The summed E-state index contributed by atoms with van der Waals surface area (Å²) < 4.78 is 0. The van der Waals surface area contributed by atoms with Crippen LogP contribution < -0.4 is 11.3 Å². The molecule has 2 aromatic rings. The lowest BCUT2D eigenvalue weighted by Crippen LogP contribution is -2.11. The van der Waals surface area contributed by atoms with Crippen molar-refractivity contribution in [3.05, 3.63) is 29.1 Å². The highest BCUT2D eigenvalue weighted by atomic mass is 15.3. The van der Waals surface area contributed by atoms with E-state index in [0.717, 1.165) is 22.5 Å². The zero-order chi connectivity index (χ0) is 12.0. The minimum Gasteiger partial charge on any atom is -0.308 e. The van der Waals surface area contributed by atoms with Crippen LogP contribution in [0.2, 0.25) is 0 Å². The number of hydrazine groups is 1. The number of rotatable bonds is 2. The summed E-state index contributed by atoms with van der Waals surface area (Å²) in [5.74, 6) is 7.77. The van der Waals surface area contributed by atoms with E-state index in [1.54, 1.807) is 0 Å². The molecule has 17 heavy (non-hydrogen) atoms. The van der Waals surface area contributed by atoms with Gasteiger partial charge in [-0.3, -0.25) is 0 Å². The number of fused-ring (bicyclic) bond motifs is 1. The van der Waals surface area contributed by atoms with Gasteiger partial charge in [-0.15, -0.1) is 0 Å². The largest absolute Gasteiger partial charge is 0.308 e. The molecule has 0 bridgehead atoms. The van der Waals surface area contributed by atoms with Crippen molar-refractivity contribution in [2.45, 2.75) is 32.6 Å². The van der Waals surface area contributed by atoms with Crippen LogP contribution in [0.4, 0.5) is 5.82 Å². The highest BCUT2D eigenvalue weighted by Crippen LogP contribution is 2.39. The van der Waals surface area contributed by atoms with Gasteiger partial charge in [0.2, 0.25) is 0 Å². The Balaban J connectivity index is 2.31. The normalized spacial score (nSPS) is 15.2. The fourth-order valence-corrected chi connectivity index (χ4v) is 2.24. The molecule has 1 fully saturated rings. The summed E-state index contributed by atoms with van der Waals surface area (Å²) in [6.45, 7) is 4.15. The van der Waals surface area contributed by atoms with Gasteiger partial charge < -0.3 is 5.43 Å². The Kier molecular flexibility index (Phi) is 2.26. The predicted octanol–water partition coefficient (Wildman–Crippen LogP) is 2.41. The van der Waals surface area contributed by atoms with Crippen molar-refractivity contribution in [3.63, 3.8) is 0 Å². The van der Waals surface area contributed by atoms with Gasteiger partial charge in [0, 0.05) is 11.3 Å². The van der Waals surface area contributed by atoms with E-state index in [1.165, 1.54) is 24.0 Å². The van der Waals surface area contributed by atoms with Crippen molar-refractivity contribution in [1.82, 2.24) is 9.97 Å². The number of nitrogens with zero attached hydrogens (tertiary/aromatic N) is 2. The topological polar surface area (TPSA) is 63.8 Å². The van der Waals surface area contributed by atoms with Gasteiger partial charge in [-0.1, -0.05) is 6.07 Å². The van der Waals surface area contributed by atoms with Gasteiger partial charge in [-0.25, -0.2) is 15.8 Å². The van der Waals surface area contributed by atoms with Crippen LogP contribution in [0.15, 0.2) is 12.1 Å². The Morgan fingerprint density at radius 3 is 2.65 bits per heavy atom. The van der Waals surface area contributed by atoms with Crippen molar-refractivity contribution < 1.29 is 0 Å². The number of hydrogen-bond acceptors (Lipinski definition) is 4. The molecule has 0 saturated heterocycles. The monoisotopic (exact) mass is 228 g/mol. The average Bonchev–Trinajstić information content (AvgIpc) is 3.11. The summed E-state index contributed by atoms with van der Waals surface area (Å²) in [7, 11) is 0. The second kappa shape index (κ2) is 3.67. The first-order valence-electron chi connectivity index (χ1n) is 5.94. The molecule has 1 aromatic carbocycles. The van der Waals surface area contributed by atoms with Gasteiger partial charge in [-0.05, 0) is 43.9 Å². The second-order valence-corrected chi connectivity index (χ2v) is 4.83. The van der Waals surface area contributed by atoms with Gasteiger partial charge in [0.15, 0.2) is 5.82 Å². The SMILES string of the molecule is Cc1cc(C)c2nc(C3CC3)nc(NN)c2c1. The van der Waals surface area contributed by atoms with Crippen molar-refractivity contribution >= 4 is 16.7 Å². The maximum Gasteiger partial charge on any atom is 0.151 e. The molecule has 3 rings (SSSR count). The van der Waals surface area contributed by atoms with E-state index in [1.807, 2.05) is 0 Å². The third-order valence-corrected chi connectivity index (χ3v) is 3.23. The van der Waals surface area contributed by atoms with Gasteiger partial charge in [0.25, 0.3) is 0 Å². The first-order valence-corrected chi connectivity index (χ1v) is 5.94. The summed E-state index contributed by atoms with van der Waals surface area (Å²) >= 11 is 0. The number of hydrogen-bond donors (Lipinski definition) is 2. The van der Waals surface area contributed by atoms with Gasteiger partial charge in [0.1, 0.15) is 5.82 Å². The van der Waals surface area contributed by atoms with Crippen molar-refractivity contribution in [1.29, 1.82) is 0 Å². The maximum absolute atomic E-state index is 5.57. The Morgan fingerprint density at radius 1 is 1.24 bits per heavy atom. The molecule has 0 atom stereocenters. The zero-order valence-corrected chi connectivity index (χ0v) is 10.1. The first kappa shape index (κ1) is 10.5. The highest BCUT2D eigenvalue weighted by Gasteiger charge is 2.27. The average molecular weight is 228 g/mol. The van der Waals surface area contributed by atoms with Gasteiger partial charge in [-0.2, -0.15) is 0 Å². The van der Waals surface area contributed by atoms with Gasteiger partial charge in [0.05, 0.1) is 5.52 Å². The van der Waals surface area contributed by atoms with E-state index >= 15 is 0 Å². The number of benzene rings is 1. The Morgan fingerprint density at radius 2 is 2.00 bits per heavy atom. The third kappa shape index (κ3) is 1.74. The van der Waals surface area contributed by atoms with E-state index in [-0.39, 0.29) is 0 Å². The third-order valence-electron chi connectivity index (χ3n) is 3.23. The molecule has 88 valence electrons. The molecule has 0 aliphatic heterocycles. The maximum atomic E-state index is 5.57. The van der Waals surface area contributed by atoms with E-state index < -0.39 is 0 Å². The van der Waals surface area contributed by atoms with Crippen LogP contribution in [0.5, 0.6) is 0 Å². The van der Waals surface area contributed by atoms with Crippen LogP contribution in [0, 0.1) is 13.8 Å². The molecule has 0 amide bonds. The Bertz CT molecular complexity index is 587. The van der Waals surface area contributed by atoms with Crippen molar-refractivity contribution in [3.8, 4) is 0 Å². The molecule has 4 heteroatoms. The van der Waals surface area contributed by atoms with Crippen LogP contribution in [-0.4, -0.2) is 9.97 Å². The quantitative estimate of drug-likeness (QED) is 0.612. The number of nitrogen functional groups attached to an aromatic ring is 1. The Labute approximate surface area is 100 Å². The molecule has 4 nitrogen and oxygen atoms in total. The molecule has 0 spiro atoms. The van der Waals surface area contributed by atoms with Crippen LogP contribution in [0.3, 0.4) is 0 Å². The highest BCUT2D eigenvalue weighted by molar-refractivity contribution is 5.91. The number of nitrogens with one attached hydrogen (secondary N) is 1. The molecule has 0 unspecified atom stereocenters. The lowest BCUT2D eigenvalue weighted by Gasteiger charge is -2.10. The molecular formula is C13H16N4. The van der Waals surface area contributed by atoms with Crippen LogP contribution in [0.1, 0.15) is 35.7 Å². The standard InChI is InChI=1S/C13H16N4/c1-7-5-8(2)11-10(6-7)13(17-14)16-12(15-11)9-3-4-9/h5-6,9H,3-4,14H2,1-2H3,(H,15,16,17). The Hall–Kier alpha value is -1.68. The number of aryl methyl sites for hydroxylation is 2. The summed E-state index contributed by atoms with van der Waals surface area (Å²) in [4.78, 5) is 9.20. The van der Waals surface area contributed by atoms with Crippen molar-refractivity contribution in [2.75, 3.05) is 5.43 Å². The second-order valence-electron chi connectivity index (χ2n) is 4.83. The van der Waals surface area contributed by atoms with E-state index in [4.69, 9.17) is 5.84 Å². The van der Waals surface area contributed by atoms with Crippen molar-refractivity contribution in [2.24, 2.45) is 5.84 Å². The van der Waals surface area contributed by atoms with E-state index in [0.29, 0.717) is 5.92 Å². The fourth-order valence-electron chi connectivity index (χ4n) is 2.24. The molecule has 1 aromatic heterocycles. The summed E-state index contributed by atoms with van der Waals surface area (Å²) in [5, 5.41) is 1.01. The summed E-state index contributed by atoms with van der Waals surface area (Å²) in [5.41, 5.74) is 6.09. The van der Waals surface area contributed by atoms with Gasteiger partial charge >= 0.3 is 0 Å². The number of anilines is 1. The van der Waals surface area contributed by atoms with Crippen LogP contribution in [-0.2, 0) is 0 Å². The lowest BCUT2D eigenvalue weighted by atomic mass is 10.1. The predicted molar refractivity (Wildman–Crippen MR) is 68.8 cm³/mol. The minimum atomic E-state index is 0.534.